The van der Waals surface area contributed by atoms with Crippen molar-refractivity contribution in [3.05, 3.63) is 36.2 Å². The fourth-order valence-electron chi connectivity index (χ4n) is 2.00. The first-order chi connectivity index (χ1) is 9.56. The largest absolute Gasteiger partial charge is 0.465 e. The zero-order valence-corrected chi connectivity index (χ0v) is 12.0. The van der Waals surface area contributed by atoms with Crippen LogP contribution in [0.2, 0.25) is 0 Å². The summed E-state index contributed by atoms with van der Waals surface area (Å²) in [4.78, 5) is 11.9. The summed E-state index contributed by atoms with van der Waals surface area (Å²) in [5.74, 6) is -0.399. The Morgan fingerprint density at radius 2 is 2.25 bits per heavy atom. The summed E-state index contributed by atoms with van der Waals surface area (Å²) in [7, 11) is 1.36. The van der Waals surface area contributed by atoms with Crippen molar-refractivity contribution in [1.29, 1.82) is 0 Å². The topological polar surface area (TPSA) is 70.1 Å². The van der Waals surface area contributed by atoms with E-state index < -0.39 is 5.97 Å². The van der Waals surface area contributed by atoms with Gasteiger partial charge in [-0.15, -0.1) is 0 Å². The highest BCUT2D eigenvalue weighted by molar-refractivity contribution is 5.98. The number of rotatable bonds is 4. The smallest absolute Gasteiger partial charge is 0.338 e. The molecule has 2 rings (SSSR count). The minimum atomic E-state index is -0.399. The van der Waals surface area contributed by atoms with Gasteiger partial charge in [-0.1, -0.05) is 13.0 Å². The third-order valence-corrected chi connectivity index (χ3v) is 3.40. The number of aromatic nitrogens is 2. The Morgan fingerprint density at radius 3 is 2.90 bits per heavy atom. The van der Waals surface area contributed by atoms with E-state index in [1.807, 2.05) is 16.9 Å². The Kier molecular flexibility index (Phi) is 4.08. The first kappa shape index (κ1) is 14.1. The average molecular weight is 273 g/mol. The van der Waals surface area contributed by atoms with E-state index in [0.29, 0.717) is 17.3 Å². The van der Waals surface area contributed by atoms with Crippen LogP contribution in [-0.2, 0) is 4.74 Å². The molecule has 0 spiro atoms. The molecular weight excluding hydrogens is 254 g/mol. The van der Waals surface area contributed by atoms with Crippen molar-refractivity contribution in [2.45, 2.75) is 26.3 Å². The molecule has 0 unspecified atom stereocenters. The predicted octanol–water partition coefficient (Wildman–Crippen LogP) is 2.89. The van der Waals surface area contributed by atoms with Gasteiger partial charge in [-0.05, 0) is 31.0 Å². The maximum atomic E-state index is 11.9. The van der Waals surface area contributed by atoms with Crippen molar-refractivity contribution >= 4 is 11.7 Å². The molecule has 1 heterocycles. The minimum absolute atomic E-state index is 0.319. The van der Waals surface area contributed by atoms with Crippen molar-refractivity contribution in [1.82, 2.24) is 9.78 Å². The van der Waals surface area contributed by atoms with E-state index in [1.165, 1.54) is 7.11 Å². The summed E-state index contributed by atoms with van der Waals surface area (Å²) in [6.07, 6.45) is 4.68. The summed E-state index contributed by atoms with van der Waals surface area (Å²) in [5.41, 5.74) is 8.39. The molecule has 0 amide bonds. The van der Waals surface area contributed by atoms with Crippen LogP contribution in [0.1, 0.15) is 36.7 Å². The second-order valence-electron chi connectivity index (χ2n) is 4.76. The van der Waals surface area contributed by atoms with Crippen LogP contribution in [-0.4, -0.2) is 22.9 Å². The van der Waals surface area contributed by atoms with Crippen molar-refractivity contribution in [2.24, 2.45) is 0 Å². The van der Waals surface area contributed by atoms with Crippen molar-refractivity contribution in [3.8, 4) is 11.1 Å². The molecule has 5 nitrogen and oxygen atoms in total. The lowest BCUT2D eigenvalue weighted by Gasteiger charge is -2.09. The van der Waals surface area contributed by atoms with Gasteiger partial charge in [0.1, 0.15) is 0 Å². The molecule has 0 saturated heterocycles. The lowest BCUT2D eigenvalue weighted by molar-refractivity contribution is 0.0601. The minimum Gasteiger partial charge on any atom is -0.465 e. The molecule has 2 N–H and O–H groups in total. The number of carbonyl (C=O) groups is 1. The van der Waals surface area contributed by atoms with E-state index >= 15 is 0 Å². The lowest BCUT2D eigenvalue weighted by atomic mass is 10.0. The number of anilines is 1. The molecule has 0 radical (unpaired) electrons. The molecule has 0 aliphatic carbocycles. The van der Waals surface area contributed by atoms with Gasteiger partial charge in [0, 0.05) is 23.5 Å². The van der Waals surface area contributed by atoms with E-state index in [9.17, 15) is 4.79 Å². The molecule has 2 aromatic rings. The third-order valence-electron chi connectivity index (χ3n) is 3.40. The molecule has 1 aromatic heterocycles. The number of nitrogens with two attached hydrogens (primary N) is 1. The van der Waals surface area contributed by atoms with Crippen molar-refractivity contribution in [2.75, 3.05) is 12.8 Å². The van der Waals surface area contributed by atoms with E-state index in [4.69, 9.17) is 10.5 Å². The third kappa shape index (κ3) is 2.66. The number of hydrogen-bond acceptors (Lipinski definition) is 4. The Labute approximate surface area is 118 Å². The van der Waals surface area contributed by atoms with Crippen molar-refractivity contribution < 1.29 is 9.53 Å². The van der Waals surface area contributed by atoms with Gasteiger partial charge < -0.3 is 10.5 Å². The fourth-order valence-corrected chi connectivity index (χ4v) is 2.00. The Bertz CT molecular complexity index is 619. The number of nitrogens with zero attached hydrogens (tertiary/aromatic N) is 2. The van der Waals surface area contributed by atoms with Gasteiger partial charge in [-0.2, -0.15) is 5.10 Å². The Morgan fingerprint density at radius 1 is 1.50 bits per heavy atom. The molecule has 0 aliphatic rings. The molecule has 0 saturated carbocycles. The number of benzene rings is 1. The van der Waals surface area contributed by atoms with Crippen LogP contribution in [0.3, 0.4) is 0 Å². The highest BCUT2D eigenvalue weighted by Gasteiger charge is 2.15. The van der Waals surface area contributed by atoms with Crippen LogP contribution in [0.15, 0.2) is 30.6 Å². The molecule has 0 bridgehead atoms. The summed E-state index contributed by atoms with van der Waals surface area (Å²) < 4.78 is 6.70. The van der Waals surface area contributed by atoms with Gasteiger partial charge in [-0.25, -0.2) is 4.79 Å². The zero-order chi connectivity index (χ0) is 14.7. The van der Waals surface area contributed by atoms with E-state index in [1.54, 1.807) is 18.3 Å². The second-order valence-corrected chi connectivity index (χ2v) is 4.76. The SMILES string of the molecule is CC[C@@H](C)n1cc(-c2ccc(N)cc2C(=O)OC)cn1. The molecule has 106 valence electrons. The van der Waals surface area contributed by atoms with Crippen LogP contribution >= 0.6 is 0 Å². The number of methoxy groups -OCH3 is 1. The van der Waals surface area contributed by atoms with Gasteiger partial charge in [-0.3, -0.25) is 4.68 Å². The van der Waals surface area contributed by atoms with Gasteiger partial charge in [0.2, 0.25) is 0 Å². The van der Waals surface area contributed by atoms with E-state index in [2.05, 4.69) is 18.9 Å². The molecule has 1 aromatic carbocycles. The fraction of sp³-hybridized carbons (Fsp3) is 0.333. The first-order valence-electron chi connectivity index (χ1n) is 6.59. The molecule has 0 fully saturated rings. The number of esters is 1. The molecule has 5 heteroatoms. The lowest BCUT2D eigenvalue weighted by Crippen LogP contribution is -2.05. The average Bonchev–Trinajstić information content (AvgIpc) is 2.95. The zero-order valence-electron chi connectivity index (χ0n) is 12.0. The van der Waals surface area contributed by atoms with Gasteiger partial charge >= 0.3 is 5.97 Å². The molecule has 0 aliphatic heterocycles. The second kappa shape index (κ2) is 5.77. The maximum absolute atomic E-state index is 11.9. The number of ether oxygens (including phenoxy) is 1. The number of nitrogen functional groups attached to an aromatic ring is 1. The van der Waals surface area contributed by atoms with Crippen LogP contribution in [0.4, 0.5) is 5.69 Å². The van der Waals surface area contributed by atoms with E-state index in [0.717, 1.165) is 17.5 Å². The molecule has 20 heavy (non-hydrogen) atoms. The van der Waals surface area contributed by atoms with Crippen LogP contribution in [0, 0.1) is 0 Å². The van der Waals surface area contributed by atoms with Crippen LogP contribution in [0.25, 0.3) is 11.1 Å². The summed E-state index contributed by atoms with van der Waals surface area (Å²) in [6, 6.07) is 5.53. The van der Waals surface area contributed by atoms with Crippen LogP contribution in [0.5, 0.6) is 0 Å². The standard InChI is InChI=1S/C15H19N3O2/c1-4-10(2)18-9-11(8-17-18)13-6-5-12(16)7-14(13)15(19)20-3/h5-10H,4,16H2,1-3H3/t10-/m1/s1. The molecular formula is C15H19N3O2. The molecule has 1 atom stereocenters. The monoisotopic (exact) mass is 273 g/mol. The normalized spacial score (nSPS) is 12.2. The Balaban J connectivity index is 2.47. The summed E-state index contributed by atoms with van der Waals surface area (Å²) in [5, 5.41) is 4.35. The van der Waals surface area contributed by atoms with Crippen LogP contribution < -0.4 is 5.73 Å². The first-order valence-corrected chi connectivity index (χ1v) is 6.59. The van der Waals surface area contributed by atoms with E-state index in [-0.39, 0.29) is 0 Å². The number of hydrogen-bond donors (Lipinski definition) is 1. The summed E-state index contributed by atoms with van der Waals surface area (Å²) >= 11 is 0. The highest BCUT2D eigenvalue weighted by atomic mass is 16.5. The van der Waals surface area contributed by atoms with Gasteiger partial charge in [0.15, 0.2) is 0 Å². The van der Waals surface area contributed by atoms with Gasteiger partial charge in [0.25, 0.3) is 0 Å². The van der Waals surface area contributed by atoms with Crippen molar-refractivity contribution in [3.63, 3.8) is 0 Å². The summed E-state index contributed by atoms with van der Waals surface area (Å²) in [6.45, 7) is 4.20. The highest BCUT2D eigenvalue weighted by Crippen LogP contribution is 2.27. The maximum Gasteiger partial charge on any atom is 0.338 e. The predicted molar refractivity (Wildman–Crippen MR) is 78.4 cm³/mol. The number of carbonyl (C=O) groups excluding carboxylic acids is 1. The Hall–Kier alpha value is -2.30. The quantitative estimate of drug-likeness (QED) is 0.687. The van der Waals surface area contributed by atoms with Gasteiger partial charge in [0.05, 0.1) is 18.9 Å².